The molecule has 0 radical (unpaired) electrons. The van der Waals surface area contributed by atoms with Crippen molar-refractivity contribution in [2.75, 3.05) is 13.1 Å². The molecule has 6 heteroatoms. The Labute approximate surface area is 562 Å². The molecule has 4 atom stereocenters. The summed E-state index contributed by atoms with van der Waals surface area (Å²) in [5.74, 6) is 2.13. The Bertz CT molecular complexity index is 2810. The van der Waals surface area contributed by atoms with Gasteiger partial charge in [-0.2, -0.15) is 0 Å². The van der Waals surface area contributed by atoms with Crippen molar-refractivity contribution in [1.29, 1.82) is 0 Å². The van der Waals surface area contributed by atoms with Crippen molar-refractivity contribution in [1.82, 2.24) is 9.80 Å². The molecule has 2 aromatic carbocycles. The second kappa shape index (κ2) is 38.0. The van der Waals surface area contributed by atoms with E-state index in [2.05, 4.69) is 169 Å². The fourth-order valence-electron chi connectivity index (χ4n) is 15.4. The Hall–Kier alpha value is -3.74. The summed E-state index contributed by atoms with van der Waals surface area (Å²) in [6, 6.07) is 24.4. The first-order valence-electron chi connectivity index (χ1n) is 37.9. The molecule has 0 N–H and O–H groups in total. The number of benzene rings is 2. The summed E-state index contributed by atoms with van der Waals surface area (Å²) < 4.78 is 0. The van der Waals surface area contributed by atoms with E-state index in [0.717, 1.165) is 64.4 Å². The normalized spacial score (nSPS) is 17.1. The molecular formula is C84H132N2O2S2. The summed E-state index contributed by atoms with van der Waals surface area (Å²) in [6.07, 6.45) is 43.0. The molecule has 4 unspecified atom stereocenters. The highest BCUT2D eigenvalue weighted by Gasteiger charge is 2.46. The number of hydrogen-bond donors (Lipinski definition) is 0. The Morgan fingerprint density at radius 3 is 1.47 bits per heavy atom. The molecule has 6 rings (SSSR count). The minimum absolute atomic E-state index is 0.0441. The van der Waals surface area contributed by atoms with Gasteiger partial charge in [-0.3, -0.25) is 9.59 Å². The molecule has 0 bridgehead atoms. The van der Waals surface area contributed by atoms with Crippen molar-refractivity contribution in [2.45, 2.75) is 338 Å². The average molecular weight is 1270 g/mol. The van der Waals surface area contributed by atoms with Gasteiger partial charge in [0.2, 0.25) is 6.41 Å². The van der Waals surface area contributed by atoms with Gasteiger partial charge in [-0.25, -0.2) is 0 Å². The van der Waals surface area contributed by atoms with Crippen LogP contribution in [0.3, 0.4) is 0 Å². The van der Waals surface area contributed by atoms with Crippen LogP contribution in [0.5, 0.6) is 0 Å². The first kappa shape index (κ1) is 75.3. The number of fused-ring (bicyclic) bond motifs is 3. The SMILES string of the molecule is CCCCCCCCC(CCCCCC)CN1C(=O)/C(=C(\c2ccc(C(C)(C)C)s2)N(C=O)CC(CCCCCC)CCCCCCCC)C(C)=C1c1ccc(-c2ccc3c(c2)C(CC(CC)CCCC)(CC(CC)CCCC)c2cc(C(C)(C)C)ccc2-3)s1. The summed E-state index contributed by atoms with van der Waals surface area (Å²) >= 11 is 3.67. The highest BCUT2D eigenvalue weighted by Crippen LogP contribution is 2.58. The number of hydrogen-bond acceptors (Lipinski definition) is 4. The summed E-state index contributed by atoms with van der Waals surface area (Å²) in [5, 5.41) is 0. The topological polar surface area (TPSA) is 40.6 Å². The second-order valence-electron chi connectivity index (χ2n) is 30.6. The maximum absolute atomic E-state index is 16.4. The number of carbonyl (C=O) groups excluding carboxylic acids is 2. The Kier molecular flexibility index (Phi) is 31.8. The zero-order valence-corrected chi connectivity index (χ0v) is 62.3. The first-order chi connectivity index (χ1) is 43.4. The molecule has 4 aromatic rings. The highest BCUT2D eigenvalue weighted by atomic mass is 32.1. The summed E-state index contributed by atoms with van der Waals surface area (Å²) in [6.45, 7) is 36.5. The van der Waals surface area contributed by atoms with Crippen molar-refractivity contribution in [2.24, 2.45) is 23.7 Å². The fraction of sp³-hybridized carbons (Fsp3) is 0.690. The zero-order chi connectivity index (χ0) is 65.3. The second-order valence-corrected chi connectivity index (χ2v) is 32.8. The minimum atomic E-state index is -0.0842. The minimum Gasteiger partial charge on any atom is -0.313 e. The molecule has 2 aromatic heterocycles. The van der Waals surface area contributed by atoms with E-state index < -0.39 is 0 Å². The van der Waals surface area contributed by atoms with Crippen LogP contribution in [0, 0.1) is 23.7 Å². The molecule has 502 valence electrons. The van der Waals surface area contributed by atoms with E-state index in [0.29, 0.717) is 36.8 Å². The monoisotopic (exact) mass is 1260 g/mol. The lowest BCUT2D eigenvalue weighted by atomic mass is 9.64. The van der Waals surface area contributed by atoms with Gasteiger partial charge in [-0.15, -0.1) is 22.7 Å². The number of rotatable bonds is 45. The lowest BCUT2D eigenvalue weighted by Gasteiger charge is -2.39. The van der Waals surface area contributed by atoms with Crippen molar-refractivity contribution < 1.29 is 9.59 Å². The van der Waals surface area contributed by atoms with Gasteiger partial charge >= 0.3 is 0 Å². The van der Waals surface area contributed by atoms with E-state index in [-0.39, 0.29) is 22.2 Å². The van der Waals surface area contributed by atoms with Gasteiger partial charge in [0.15, 0.2) is 0 Å². The van der Waals surface area contributed by atoms with E-state index in [9.17, 15) is 4.79 Å². The van der Waals surface area contributed by atoms with Crippen molar-refractivity contribution in [3.8, 4) is 21.6 Å². The summed E-state index contributed by atoms with van der Waals surface area (Å²) in [5.41, 5.74) is 12.3. The molecule has 2 aliphatic rings. The molecule has 3 heterocycles. The van der Waals surface area contributed by atoms with Gasteiger partial charge in [0, 0.05) is 28.3 Å². The molecule has 1 aliphatic heterocycles. The third-order valence-corrected chi connectivity index (χ3v) is 23.8. The van der Waals surface area contributed by atoms with Crippen LogP contribution in [0.2, 0.25) is 0 Å². The first-order valence-corrected chi connectivity index (χ1v) is 39.5. The lowest BCUT2D eigenvalue weighted by Crippen LogP contribution is -2.33. The molecule has 4 nitrogen and oxygen atoms in total. The van der Waals surface area contributed by atoms with Crippen LogP contribution < -0.4 is 0 Å². The van der Waals surface area contributed by atoms with Crippen LogP contribution in [-0.2, 0) is 25.8 Å². The van der Waals surface area contributed by atoms with Crippen LogP contribution in [0.15, 0.2) is 71.8 Å². The Balaban J connectivity index is 1.57. The van der Waals surface area contributed by atoms with Crippen molar-refractivity contribution >= 4 is 46.4 Å². The molecular weight excluding hydrogens is 1130 g/mol. The molecule has 0 spiro atoms. The predicted octanol–water partition coefficient (Wildman–Crippen LogP) is 26.7. The summed E-state index contributed by atoms with van der Waals surface area (Å²) in [7, 11) is 0. The average Bonchev–Trinajstić information content (AvgIpc) is 1.56. The van der Waals surface area contributed by atoms with E-state index >= 15 is 4.79 Å². The zero-order valence-electron chi connectivity index (χ0n) is 60.6. The van der Waals surface area contributed by atoms with Crippen LogP contribution >= 0.6 is 22.7 Å². The van der Waals surface area contributed by atoms with Gasteiger partial charge in [-0.05, 0) is 149 Å². The van der Waals surface area contributed by atoms with Crippen molar-refractivity contribution in [3.63, 3.8) is 0 Å². The smallest absolute Gasteiger partial charge is 0.260 e. The van der Waals surface area contributed by atoms with Gasteiger partial charge in [0.25, 0.3) is 5.91 Å². The fourth-order valence-corrected chi connectivity index (χ4v) is 17.7. The van der Waals surface area contributed by atoms with E-state index in [1.807, 2.05) is 16.2 Å². The Morgan fingerprint density at radius 2 is 0.978 bits per heavy atom. The van der Waals surface area contributed by atoms with Crippen LogP contribution in [0.25, 0.3) is 33.0 Å². The quantitative estimate of drug-likeness (QED) is 0.0251. The van der Waals surface area contributed by atoms with Crippen molar-refractivity contribution in [3.05, 3.63) is 103 Å². The third-order valence-electron chi connectivity index (χ3n) is 21.2. The van der Waals surface area contributed by atoms with Gasteiger partial charge in [0.05, 0.1) is 26.7 Å². The van der Waals surface area contributed by atoms with Gasteiger partial charge in [0.1, 0.15) is 0 Å². The maximum Gasteiger partial charge on any atom is 0.260 e. The van der Waals surface area contributed by atoms with Gasteiger partial charge < -0.3 is 9.80 Å². The number of nitrogens with zero attached hydrogens (tertiary/aromatic N) is 2. The third kappa shape index (κ3) is 20.6. The molecule has 2 amide bonds. The lowest BCUT2D eigenvalue weighted by molar-refractivity contribution is -0.123. The van der Waals surface area contributed by atoms with Crippen LogP contribution in [-0.4, -0.2) is 35.2 Å². The highest BCUT2D eigenvalue weighted by molar-refractivity contribution is 7.16. The van der Waals surface area contributed by atoms with Crippen LogP contribution in [0.4, 0.5) is 0 Å². The molecule has 0 saturated carbocycles. The molecule has 90 heavy (non-hydrogen) atoms. The number of thiophene rings is 2. The van der Waals surface area contributed by atoms with Gasteiger partial charge in [-0.1, -0.05) is 307 Å². The maximum atomic E-state index is 16.4. The molecule has 1 aliphatic carbocycles. The Morgan fingerprint density at radius 1 is 0.511 bits per heavy atom. The standard InChI is InChI=1S/C84H132N2O2S2/c1-16-24-30-34-36-40-45-66(44-38-32-26-18-3)60-85(62-87)80(76-54-55-77(90-76)83(13,14)15)78-63(9)79(86(81(78)88)61-67(46-39-33-27-19-4)47-41-37-35-31-25-17-2)75-53-52-74(89-75)68-48-50-70-71-51-49-69(82(10,11)12)57-73(71)84(72(70)56-68,58-64(22-7)42-28-20-5)59-65(23-8)43-29-21-6/h48-57,62,64-67H,16-47,58-61H2,1-15H3/b80-78+. The summed E-state index contributed by atoms with van der Waals surface area (Å²) in [4.78, 5) is 39.7. The number of carbonyl (C=O) groups is 2. The number of amides is 2. The van der Waals surface area contributed by atoms with E-state index in [4.69, 9.17) is 0 Å². The largest absolute Gasteiger partial charge is 0.313 e. The van der Waals surface area contributed by atoms with E-state index in [1.54, 1.807) is 22.5 Å². The molecule has 0 fully saturated rings. The number of unbranched alkanes of at least 4 members (excludes halogenated alkanes) is 18. The predicted molar refractivity (Wildman–Crippen MR) is 398 cm³/mol. The van der Waals surface area contributed by atoms with Crippen LogP contribution in [0.1, 0.15) is 353 Å². The molecule has 0 saturated heterocycles. The van der Waals surface area contributed by atoms with E-state index in [1.165, 1.54) is 225 Å².